The van der Waals surface area contributed by atoms with Crippen LogP contribution in [0.1, 0.15) is 80.4 Å². The Hall–Kier alpha value is -3.21. The number of fused-ring (bicyclic) bond motifs is 1. The summed E-state index contributed by atoms with van der Waals surface area (Å²) in [4.78, 5) is 43.3. The molecule has 12 heteroatoms. The Labute approximate surface area is 242 Å². The molecule has 2 aliphatic carbocycles. The van der Waals surface area contributed by atoms with Gasteiger partial charge >= 0.3 is 5.97 Å². The number of aliphatic carboxylic acids is 1. The summed E-state index contributed by atoms with van der Waals surface area (Å²) >= 11 is 6.59. The quantitative estimate of drug-likeness (QED) is 0.497. The van der Waals surface area contributed by atoms with Crippen molar-refractivity contribution in [3.8, 4) is 5.75 Å². The molecule has 2 aromatic rings. The number of rotatable bonds is 7. The van der Waals surface area contributed by atoms with Crippen LogP contribution in [0.15, 0.2) is 6.07 Å². The average Bonchev–Trinajstić information content (AvgIpc) is 3.44. The largest absolute Gasteiger partial charge is 0.484 e. The van der Waals surface area contributed by atoms with Crippen molar-refractivity contribution in [1.29, 1.82) is 0 Å². The Kier molecular flexibility index (Phi) is 6.99. The van der Waals surface area contributed by atoms with E-state index in [1.807, 2.05) is 0 Å². The maximum Gasteiger partial charge on any atom is 0.310 e. The van der Waals surface area contributed by atoms with Crippen molar-refractivity contribution in [2.24, 2.45) is 16.7 Å². The topological polar surface area (TPSA) is 129 Å². The molecule has 2 N–H and O–H groups in total. The summed E-state index contributed by atoms with van der Waals surface area (Å²) in [5.74, 6) is -2.70. The zero-order valence-electron chi connectivity index (χ0n) is 23.3. The third-order valence-corrected chi connectivity index (χ3v) is 10.2. The number of likely N-dealkylation sites (tertiary alicyclic amines) is 1. The standard InChI is InChI=1S/C29H35ClFN5O5/c1-16-21(33-34-32-16)14-41-25-20(31)11-19(30)17-6-10-36(26(38)18-5-3-4-7-28(18,2)27(39)40)22(24(17)25)13-35-15-29(8-9-29)12-23(35)37/h11,18,22H,3-10,12-15H2,1-2H3,(H,39,40)(H,32,33,34)/t18-,22+,28-/m0/s1. The molecule has 1 saturated heterocycles. The Morgan fingerprint density at radius 3 is 2.73 bits per heavy atom. The fourth-order valence-corrected chi connectivity index (χ4v) is 7.33. The van der Waals surface area contributed by atoms with Crippen LogP contribution in [-0.4, -0.2) is 67.7 Å². The first kappa shape index (κ1) is 27.9. The van der Waals surface area contributed by atoms with E-state index in [2.05, 4.69) is 15.4 Å². The first-order chi connectivity index (χ1) is 19.5. The van der Waals surface area contributed by atoms with Crippen molar-refractivity contribution in [2.45, 2.75) is 77.9 Å². The van der Waals surface area contributed by atoms with Crippen molar-refractivity contribution in [3.05, 3.63) is 39.4 Å². The zero-order chi connectivity index (χ0) is 29.1. The fourth-order valence-electron chi connectivity index (χ4n) is 7.04. The van der Waals surface area contributed by atoms with Gasteiger partial charge in [0, 0.05) is 36.6 Å². The molecule has 3 fully saturated rings. The number of amides is 2. The number of benzene rings is 1. The van der Waals surface area contributed by atoms with Crippen LogP contribution < -0.4 is 4.74 Å². The third kappa shape index (κ3) is 4.85. The monoisotopic (exact) mass is 587 g/mol. The van der Waals surface area contributed by atoms with Gasteiger partial charge in [-0.25, -0.2) is 4.39 Å². The van der Waals surface area contributed by atoms with Gasteiger partial charge in [0.1, 0.15) is 12.3 Å². The van der Waals surface area contributed by atoms with Crippen LogP contribution in [0.2, 0.25) is 5.02 Å². The van der Waals surface area contributed by atoms with Crippen molar-refractivity contribution >= 4 is 29.4 Å². The summed E-state index contributed by atoms with van der Waals surface area (Å²) in [6.07, 6.45) is 5.17. The molecule has 6 rings (SSSR count). The van der Waals surface area contributed by atoms with E-state index in [1.54, 1.807) is 23.6 Å². The molecule has 1 aromatic carbocycles. The van der Waals surface area contributed by atoms with E-state index in [9.17, 15) is 19.5 Å². The number of aromatic amines is 1. The molecule has 2 aliphatic heterocycles. The smallest absolute Gasteiger partial charge is 0.310 e. The van der Waals surface area contributed by atoms with Crippen LogP contribution in [0.25, 0.3) is 0 Å². The minimum absolute atomic E-state index is 0.00192. The maximum atomic E-state index is 15.7. The molecule has 1 spiro atoms. The lowest BCUT2D eigenvalue weighted by molar-refractivity contribution is -0.162. The van der Waals surface area contributed by atoms with Crippen molar-refractivity contribution in [3.63, 3.8) is 0 Å². The summed E-state index contributed by atoms with van der Waals surface area (Å²) in [6.45, 7) is 4.41. The minimum atomic E-state index is -1.20. The Balaban J connectivity index is 1.41. The van der Waals surface area contributed by atoms with E-state index in [-0.39, 0.29) is 47.7 Å². The van der Waals surface area contributed by atoms with E-state index >= 15 is 4.39 Å². The van der Waals surface area contributed by atoms with Gasteiger partial charge in [0.2, 0.25) is 11.8 Å². The summed E-state index contributed by atoms with van der Waals surface area (Å²) < 4.78 is 21.7. The lowest BCUT2D eigenvalue weighted by Crippen LogP contribution is -2.52. The van der Waals surface area contributed by atoms with Crippen molar-refractivity contribution in [2.75, 3.05) is 19.6 Å². The molecule has 0 unspecified atom stereocenters. The van der Waals surface area contributed by atoms with Crippen LogP contribution in [-0.2, 0) is 27.4 Å². The molecule has 10 nitrogen and oxygen atoms in total. The van der Waals surface area contributed by atoms with E-state index in [0.717, 1.165) is 25.7 Å². The van der Waals surface area contributed by atoms with Gasteiger partial charge in [0.25, 0.3) is 0 Å². The molecular weight excluding hydrogens is 553 g/mol. The molecule has 2 saturated carbocycles. The van der Waals surface area contributed by atoms with Gasteiger partial charge in [0.05, 0.1) is 23.1 Å². The summed E-state index contributed by atoms with van der Waals surface area (Å²) in [6, 6.07) is 0.480. The van der Waals surface area contributed by atoms with Gasteiger partial charge in [-0.2, -0.15) is 0 Å². The van der Waals surface area contributed by atoms with E-state index < -0.39 is 29.2 Å². The number of carbonyl (C=O) groups excluding carboxylic acids is 2. The van der Waals surface area contributed by atoms with Gasteiger partial charge < -0.3 is 19.6 Å². The van der Waals surface area contributed by atoms with Gasteiger partial charge in [-0.3, -0.25) is 19.5 Å². The van der Waals surface area contributed by atoms with Gasteiger partial charge in [-0.15, -0.1) is 5.10 Å². The molecular formula is C29H35ClFN5O5. The zero-order valence-corrected chi connectivity index (χ0v) is 24.1. The van der Waals surface area contributed by atoms with E-state index in [4.69, 9.17) is 16.3 Å². The van der Waals surface area contributed by atoms with Crippen molar-refractivity contribution in [1.82, 2.24) is 25.2 Å². The number of halogens is 2. The fraction of sp³-hybridized carbons (Fsp3) is 0.621. The lowest BCUT2D eigenvalue weighted by Gasteiger charge is -2.45. The third-order valence-electron chi connectivity index (χ3n) is 9.85. The highest BCUT2D eigenvalue weighted by Crippen LogP contribution is 2.54. The minimum Gasteiger partial charge on any atom is -0.484 e. The summed E-state index contributed by atoms with van der Waals surface area (Å²) in [5, 5.41) is 20.9. The Morgan fingerprint density at radius 2 is 2.07 bits per heavy atom. The molecule has 2 amide bonds. The molecule has 0 radical (unpaired) electrons. The summed E-state index contributed by atoms with van der Waals surface area (Å²) in [7, 11) is 0. The summed E-state index contributed by atoms with van der Waals surface area (Å²) in [5.41, 5.74) is 1.10. The Bertz CT molecular complexity index is 1410. The maximum absolute atomic E-state index is 15.7. The number of carbonyl (C=O) groups is 3. The van der Waals surface area contributed by atoms with Crippen molar-refractivity contribution < 1.29 is 28.6 Å². The van der Waals surface area contributed by atoms with Crippen LogP contribution >= 0.6 is 11.6 Å². The van der Waals surface area contributed by atoms with Crippen LogP contribution in [0.3, 0.4) is 0 Å². The van der Waals surface area contributed by atoms with Gasteiger partial charge in [-0.1, -0.05) is 29.7 Å². The first-order valence-corrected chi connectivity index (χ1v) is 14.7. The van der Waals surface area contributed by atoms with Gasteiger partial charge in [0.15, 0.2) is 11.6 Å². The molecule has 220 valence electrons. The second-order valence-corrected chi connectivity index (χ2v) is 12.9. The van der Waals surface area contributed by atoms with Crippen LogP contribution in [0.4, 0.5) is 4.39 Å². The predicted octanol–water partition coefficient (Wildman–Crippen LogP) is 4.20. The number of aryl methyl sites for hydroxylation is 1. The molecule has 1 aromatic heterocycles. The van der Waals surface area contributed by atoms with E-state index in [0.29, 0.717) is 54.7 Å². The highest BCUT2D eigenvalue weighted by molar-refractivity contribution is 6.31. The average molecular weight is 588 g/mol. The second-order valence-electron chi connectivity index (χ2n) is 12.5. The number of carboxylic acid groups (broad SMARTS) is 1. The first-order valence-electron chi connectivity index (χ1n) is 14.3. The highest BCUT2D eigenvalue weighted by atomic mass is 35.5. The molecule has 4 aliphatic rings. The number of H-pyrrole nitrogens is 1. The predicted molar refractivity (Wildman–Crippen MR) is 146 cm³/mol. The molecule has 3 heterocycles. The Morgan fingerprint density at radius 1 is 1.29 bits per heavy atom. The SMILES string of the molecule is Cc1[nH]nnc1COc1c(F)cc(Cl)c2c1[C@@H](CN1CC3(CC3)CC1=O)N(C(=O)[C@@H]1CCCC[C@]1(C)C(=O)O)CC2. The van der Waals surface area contributed by atoms with Gasteiger partial charge in [-0.05, 0) is 63.0 Å². The van der Waals surface area contributed by atoms with E-state index in [1.165, 1.54) is 6.07 Å². The van der Waals surface area contributed by atoms with Crippen LogP contribution in [0, 0.1) is 29.5 Å². The van der Waals surface area contributed by atoms with Crippen LogP contribution in [0.5, 0.6) is 5.75 Å². The molecule has 0 bridgehead atoms. The highest BCUT2D eigenvalue weighted by Gasteiger charge is 2.54. The lowest BCUT2D eigenvalue weighted by atomic mass is 9.66. The number of nitrogens with one attached hydrogen (secondary N) is 1. The number of aromatic nitrogens is 3. The number of hydrogen-bond donors (Lipinski definition) is 2. The number of hydrogen-bond acceptors (Lipinski definition) is 6. The normalized spacial score (nSPS) is 26.8. The number of carboxylic acids is 1. The number of nitrogens with zero attached hydrogens (tertiary/aromatic N) is 4. The number of ether oxygens (including phenoxy) is 1. The molecule has 41 heavy (non-hydrogen) atoms. The second kappa shape index (κ2) is 10.3. The molecule has 3 atom stereocenters.